The summed E-state index contributed by atoms with van der Waals surface area (Å²) in [4.78, 5) is 2.35. The molecule has 0 bridgehead atoms. The number of morpholine rings is 1. The Balaban J connectivity index is 0.00000180. The largest absolute Gasteiger partial charge is 0.491 e. The van der Waals surface area contributed by atoms with Crippen molar-refractivity contribution < 1.29 is 9.47 Å². The van der Waals surface area contributed by atoms with E-state index in [1.165, 1.54) is 0 Å². The highest BCUT2D eigenvalue weighted by Crippen LogP contribution is 2.32. The molecule has 0 aromatic heterocycles. The molecule has 2 rings (SSSR count). The summed E-state index contributed by atoms with van der Waals surface area (Å²) < 4.78 is 12.1. The van der Waals surface area contributed by atoms with Crippen molar-refractivity contribution in [1.29, 1.82) is 0 Å². The molecule has 0 unspecified atom stereocenters. The molecule has 0 atom stereocenters. The van der Waals surface area contributed by atoms with Crippen LogP contribution in [0.15, 0.2) is 16.6 Å². The third kappa shape index (κ3) is 5.12. The summed E-state index contributed by atoms with van der Waals surface area (Å²) in [6, 6.07) is 3.77. The summed E-state index contributed by atoms with van der Waals surface area (Å²) in [6.45, 7) is 7.24. The molecule has 3 nitrogen and oxygen atoms in total. The predicted molar refractivity (Wildman–Crippen MR) is 83.9 cm³/mol. The van der Waals surface area contributed by atoms with Gasteiger partial charge in [0.15, 0.2) is 0 Å². The lowest BCUT2D eigenvalue weighted by molar-refractivity contribution is 0.0322. The normalized spacial score (nSPS) is 15.9. The minimum atomic E-state index is 0. The predicted octanol–water partition coefficient (Wildman–Crippen LogP) is 3.54. The van der Waals surface area contributed by atoms with E-state index in [-0.39, 0.29) is 12.4 Å². The Labute approximate surface area is 133 Å². The standard InChI is InChI=1S/C13H17BrClNO2.ClH/c1-10-8-11(15)9-12(14)13(10)18-7-4-16-2-5-17-6-3-16;/h8-9H,2-7H2,1H3;1H. The van der Waals surface area contributed by atoms with Crippen molar-refractivity contribution in [2.75, 3.05) is 39.5 Å². The van der Waals surface area contributed by atoms with Crippen LogP contribution in [-0.4, -0.2) is 44.4 Å². The maximum absolute atomic E-state index is 5.97. The summed E-state index contributed by atoms with van der Waals surface area (Å²) in [5.41, 5.74) is 1.05. The van der Waals surface area contributed by atoms with Gasteiger partial charge in [-0.15, -0.1) is 12.4 Å². The molecule has 6 heteroatoms. The van der Waals surface area contributed by atoms with E-state index >= 15 is 0 Å². The van der Waals surface area contributed by atoms with Gasteiger partial charge in [-0.05, 0) is 40.5 Å². The second kappa shape index (κ2) is 8.32. The van der Waals surface area contributed by atoms with Crippen LogP contribution in [0, 0.1) is 6.92 Å². The lowest BCUT2D eigenvalue weighted by Crippen LogP contribution is -2.38. The van der Waals surface area contributed by atoms with E-state index in [1.807, 2.05) is 19.1 Å². The Morgan fingerprint density at radius 2 is 2.05 bits per heavy atom. The van der Waals surface area contributed by atoms with Crippen molar-refractivity contribution in [3.63, 3.8) is 0 Å². The fourth-order valence-electron chi connectivity index (χ4n) is 1.97. The molecular formula is C13H18BrCl2NO2. The first-order valence-corrected chi connectivity index (χ1v) is 7.22. The minimum Gasteiger partial charge on any atom is -0.491 e. The molecule has 19 heavy (non-hydrogen) atoms. The highest BCUT2D eigenvalue weighted by molar-refractivity contribution is 9.10. The molecule has 108 valence electrons. The van der Waals surface area contributed by atoms with Crippen molar-refractivity contribution in [3.8, 4) is 5.75 Å². The summed E-state index contributed by atoms with van der Waals surface area (Å²) >= 11 is 9.45. The zero-order valence-corrected chi connectivity index (χ0v) is 14.0. The van der Waals surface area contributed by atoms with Crippen molar-refractivity contribution in [1.82, 2.24) is 4.90 Å². The van der Waals surface area contributed by atoms with Gasteiger partial charge < -0.3 is 9.47 Å². The fraction of sp³-hybridized carbons (Fsp3) is 0.538. The van der Waals surface area contributed by atoms with Crippen LogP contribution in [-0.2, 0) is 4.74 Å². The highest BCUT2D eigenvalue weighted by atomic mass is 79.9. The van der Waals surface area contributed by atoms with E-state index in [9.17, 15) is 0 Å². The molecule has 0 spiro atoms. The zero-order valence-electron chi connectivity index (χ0n) is 10.8. The maximum Gasteiger partial charge on any atom is 0.136 e. The third-order valence-corrected chi connectivity index (χ3v) is 3.76. The monoisotopic (exact) mass is 369 g/mol. The average Bonchev–Trinajstić information content (AvgIpc) is 2.34. The summed E-state index contributed by atoms with van der Waals surface area (Å²) in [6.07, 6.45) is 0. The Morgan fingerprint density at radius 1 is 1.37 bits per heavy atom. The van der Waals surface area contributed by atoms with Crippen LogP contribution in [0.25, 0.3) is 0 Å². The fourth-order valence-corrected chi connectivity index (χ4v) is 3.05. The van der Waals surface area contributed by atoms with Crippen LogP contribution in [0.1, 0.15) is 5.56 Å². The first-order valence-electron chi connectivity index (χ1n) is 6.05. The summed E-state index contributed by atoms with van der Waals surface area (Å²) in [5.74, 6) is 0.882. The third-order valence-electron chi connectivity index (χ3n) is 2.95. The number of ether oxygens (including phenoxy) is 2. The molecular weight excluding hydrogens is 353 g/mol. The van der Waals surface area contributed by atoms with Crippen molar-refractivity contribution >= 4 is 39.9 Å². The van der Waals surface area contributed by atoms with E-state index in [2.05, 4.69) is 20.8 Å². The molecule has 1 aliphatic rings. The van der Waals surface area contributed by atoms with Crippen LogP contribution in [0.2, 0.25) is 5.02 Å². The molecule has 1 aromatic rings. The van der Waals surface area contributed by atoms with Gasteiger partial charge in [-0.3, -0.25) is 4.90 Å². The molecule has 1 aliphatic heterocycles. The summed E-state index contributed by atoms with van der Waals surface area (Å²) in [7, 11) is 0. The molecule has 1 heterocycles. The Morgan fingerprint density at radius 3 is 2.68 bits per heavy atom. The van der Waals surface area contributed by atoms with Crippen LogP contribution in [0.4, 0.5) is 0 Å². The van der Waals surface area contributed by atoms with E-state index in [4.69, 9.17) is 21.1 Å². The van der Waals surface area contributed by atoms with Crippen molar-refractivity contribution in [2.45, 2.75) is 6.92 Å². The quantitative estimate of drug-likeness (QED) is 0.808. The van der Waals surface area contributed by atoms with Gasteiger partial charge in [0.05, 0.1) is 17.7 Å². The van der Waals surface area contributed by atoms with Gasteiger partial charge in [-0.1, -0.05) is 11.6 Å². The molecule has 0 N–H and O–H groups in total. The summed E-state index contributed by atoms with van der Waals surface area (Å²) in [5, 5.41) is 0.722. The van der Waals surface area contributed by atoms with E-state index < -0.39 is 0 Å². The number of benzene rings is 1. The first-order chi connectivity index (χ1) is 8.66. The van der Waals surface area contributed by atoms with Gasteiger partial charge in [0.1, 0.15) is 12.4 Å². The molecule has 0 saturated carbocycles. The van der Waals surface area contributed by atoms with E-state index in [0.29, 0.717) is 6.61 Å². The Kier molecular flexibility index (Phi) is 7.47. The van der Waals surface area contributed by atoms with Gasteiger partial charge in [0, 0.05) is 24.7 Å². The number of hydrogen-bond donors (Lipinski definition) is 0. The lowest BCUT2D eigenvalue weighted by atomic mass is 10.2. The average molecular weight is 371 g/mol. The lowest BCUT2D eigenvalue weighted by Gasteiger charge is -2.26. The molecule has 1 saturated heterocycles. The van der Waals surface area contributed by atoms with Crippen molar-refractivity contribution in [3.05, 3.63) is 27.2 Å². The second-order valence-electron chi connectivity index (χ2n) is 4.34. The molecule has 0 aliphatic carbocycles. The van der Waals surface area contributed by atoms with Crippen LogP contribution in [0.5, 0.6) is 5.75 Å². The second-order valence-corrected chi connectivity index (χ2v) is 5.63. The number of hydrogen-bond acceptors (Lipinski definition) is 3. The van der Waals surface area contributed by atoms with E-state index in [0.717, 1.165) is 53.7 Å². The van der Waals surface area contributed by atoms with Crippen molar-refractivity contribution in [2.24, 2.45) is 0 Å². The molecule has 1 aromatic carbocycles. The SMILES string of the molecule is Cc1cc(Cl)cc(Br)c1OCCN1CCOCC1.Cl. The first kappa shape index (κ1) is 17.1. The van der Waals surface area contributed by atoms with E-state index in [1.54, 1.807) is 0 Å². The molecule has 0 amide bonds. The molecule has 0 radical (unpaired) electrons. The van der Waals surface area contributed by atoms with Gasteiger partial charge in [-0.25, -0.2) is 0 Å². The number of nitrogens with zero attached hydrogens (tertiary/aromatic N) is 1. The highest BCUT2D eigenvalue weighted by Gasteiger charge is 2.11. The zero-order chi connectivity index (χ0) is 13.0. The van der Waals surface area contributed by atoms with Crippen LogP contribution in [0.3, 0.4) is 0 Å². The Bertz CT molecular complexity index is 389. The topological polar surface area (TPSA) is 21.7 Å². The number of aryl methyl sites for hydroxylation is 1. The van der Waals surface area contributed by atoms with Gasteiger partial charge in [0.25, 0.3) is 0 Å². The van der Waals surface area contributed by atoms with Crippen LogP contribution < -0.4 is 4.74 Å². The number of rotatable bonds is 4. The maximum atomic E-state index is 5.97. The number of halogens is 3. The smallest absolute Gasteiger partial charge is 0.136 e. The van der Waals surface area contributed by atoms with Gasteiger partial charge in [0.2, 0.25) is 0 Å². The molecule has 1 fully saturated rings. The Hall–Kier alpha value is -0.0000000000000000555. The van der Waals surface area contributed by atoms with Gasteiger partial charge in [-0.2, -0.15) is 0 Å². The van der Waals surface area contributed by atoms with Gasteiger partial charge >= 0.3 is 0 Å². The van der Waals surface area contributed by atoms with Crippen LogP contribution >= 0.6 is 39.9 Å². The minimum absolute atomic E-state index is 0.